The van der Waals surface area contributed by atoms with E-state index in [2.05, 4.69) is 5.32 Å². The van der Waals surface area contributed by atoms with Crippen molar-refractivity contribution in [1.82, 2.24) is 5.32 Å². The van der Waals surface area contributed by atoms with Crippen LogP contribution in [0.25, 0.3) is 6.08 Å². The molecule has 0 aromatic heterocycles. The van der Waals surface area contributed by atoms with Crippen molar-refractivity contribution in [2.75, 3.05) is 13.2 Å². The van der Waals surface area contributed by atoms with Crippen LogP contribution in [0.4, 0.5) is 0 Å². The van der Waals surface area contributed by atoms with E-state index >= 15 is 0 Å². The van der Waals surface area contributed by atoms with Gasteiger partial charge in [-0.1, -0.05) is 32.3 Å². The van der Waals surface area contributed by atoms with Crippen LogP contribution < -0.4 is 14.8 Å². The number of nitrogens with one attached hydrogen (secondary N) is 1. The van der Waals surface area contributed by atoms with Crippen molar-refractivity contribution in [3.8, 4) is 17.6 Å². The number of benzene rings is 1. The van der Waals surface area contributed by atoms with Crippen LogP contribution in [0.5, 0.6) is 11.5 Å². The van der Waals surface area contributed by atoms with Crippen molar-refractivity contribution >= 4 is 12.0 Å². The number of nitriles is 1. The number of carbonyl (C=O) groups is 1. The summed E-state index contributed by atoms with van der Waals surface area (Å²) in [6.07, 6.45) is 7.98. The molecule has 5 heteroatoms. The summed E-state index contributed by atoms with van der Waals surface area (Å²) in [6.45, 7) is 5.08. The number of amides is 1. The second-order valence-electron chi connectivity index (χ2n) is 6.47. The van der Waals surface area contributed by atoms with Gasteiger partial charge < -0.3 is 14.8 Å². The third kappa shape index (κ3) is 5.80. The maximum atomic E-state index is 12.4. The zero-order chi connectivity index (χ0) is 18.8. The van der Waals surface area contributed by atoms with Crippen molar-refractivity contribution in [3.63, 3.8) is 0 Å². The van der Waals surface area contributed by atoms with Crippen LogP contribution in [0.2, 0.25) is 0 Å². The molecule has 1 aliphatic rings. The van der Waals surface area contributed by atoms with Crippen LogP contribution in [0.15, 0.2) is 23.8 Å². The van der Waals surface area contributed by atoms with Gasteiger partial charge in [0.25, 0.3) is 5.91 Å². The van der Waals surface area contributed by atoms with Gasteiger partial charge in [-0.05, 0) is 50.0 Å². The first-order valence-corrected chi connectivity index (χ1v) is 9.50. The first kappa shape index (κ1) is 19.8. The van der Waals surface area contributed by atoms with Crippen LogP contribution in [-0.2, 0) is 4.79 Å². The topological polar surface area (TPSA) is 71.3 Å². The number of nitrogens with zero attached hydrogens (tertiary/aromatic N) is 1. The van der Waals surface area contributed by atoms with E-state index in [0.29, 0.717) is 24.7 Å². The number of hydrogen-bond acceptors (Lipinski definition) is 4. The Morgan fingerprint density at radius 1 is 1.23 bits per heavy atom. The van der Waals surface area contributed by atoms with Gasteiger partial charge in [-0.15, -0.1) is 0 Å². The Hall–Kier alpha value is -2.48. The second kappa shape index (κ2) is 10.5. The molecule has 0 heterocycles. The van der Waals surface area contributed by atoms with Crippen LogP contribution >= 0.6 is 0 Å². The highest BCUT2D eigenvalue weighted by atomic mass is 16.5. The van der Waals surface area contributed by atoms with Gasteiger partial charge in [0.15, 0.2) is 11.5 Å². The van der Waals surface area contributed by atoms with Gasteiger partial charge in [0.1, 0.15) is 11.6 Å². The van der Waals surface area contributed by atoms with E-state index in [1.165, 1.54) is 6.42 Å². The van der Waals surface area contributed by atoms with Gasteiger partial charge in [-0.2, -0.15) is 5.26 Å². The molecule has 1 amide bonds. The van der Waals surface area contributed by atoms with Gasteiger partial charge in [0, 0.05) is 6.04 Å². The molecule has 1 fully saturated rings. The van der Waals surface area contributed by atoms with Crippen LogP contribution in [0.3, 0.4) is 0 Å². The molecule has 0 bridgehead atoms. The summed E-state index contributed by atoms with van der Waals surface area (Å²) in [7, 11) is 0. The lowest BCUT2D eigenvalue weighted by Crippen LogP contribution is -2.36. The van der Waals surface area contributed by atoms with Crippen molar-refractivity contribution in [2.24, 2.45) is 0 Å². The van der Waals surface area contributed by atoms with Crippen molar-refractivity contribution in [1.29, 1.82) is 5.26 Å². The zero-order valence-corrected chi connectivity index (χ0v) is 15.7. The maximum absolute atomic E-state index is 12.4. The maximum Gasteiger partial charge on any atom is 0.262 e. The van der Waals surface area contributed by atoms with Crippen LogP contribution in [-0.4, -0.2) is 25.2 Å². The Balaban J connectivity index is 2.14. The Morgan fingerprint density at radius 2 is 2.00 bits per heavy atom. The highest BCUT2D eigenvalue weighted by Crippen LogP contribution is 2.29. The molecule has 5 nitrogen and oxygen atoms in total. The van der Waals surface area contributed by atoms with E-state index < -0.39 is 0 Å². The highest BCUT2D eigenvalue weighted by molar-refractivity contribution is 6.01. The SMILES string of the molecule is CCCOc1ccc(/C=C(\C#N)C(=O)NC2CCCCC2)cc1OCC. The smallest absolute Gasteiger partial charge is 0.262 e. The lowest BCUT2D eigenvalue weighted by molar-refractivity contribution is -0.117. The minimum absolute atomic E-state index is 0.111. The molecule has 0 atom stereocenters. The Bertz CT molecular complexity index is 670. The van der Waals surface area contributed by atoms with E-state index in [1.54, 1.807) is 12.1 Å². The summed E-state index contributed by atoms with van der Waals surface area (Å²) in [5.74, 6) is 0.999. The minimum Gasteiger partial charge on any atom is -0.490 e. The first-order chi connectivity index (χ1) is 12.7. The molecule has 0 unspecified atom stereocenters. The van der Waals surface area contributed by atoms with E-state index in [-0.39, 0.29) is 17.5 Å². The second-order valence-corrected chi connectivity index (χ2v) is 6.47. The van der Waals surface area contributed by atoms with Crippen molar-refractivity contribution < 1.29 is 14.3 Å². The highest BCUT2D eigenvalue weighted by Gasteiger charge is 2.18. The molecule has 1 N–H and O–H groups in total. The molecule has 26 heavy (non-hydrogen) atoms. The summed E-state index contributed by atoms with van der Waals surface area (Å²) in [6, 6.07) is 7.65. The van der Waals surface area contributed by atoms with Gasteiger partial charge in [0.2, 0.25) is 0 Å². The quantitative estimate of drug-likeness (QED) is 0.559. The van der Waals surface area contributed by atoms with Gasteiger partial charge in [-0.25, -0.2) is 0 Å². The monoisotopic (exact) mass is 356 g/mol. The first-order valence-electron chi connectivity index (χ1n) is 9.50. The lowest BCUT2D eigenvalue weighted by atomic mass is 9.95. The number of rotatable bonds is 8. The Kier molecular flexibility index (Phi) is 8.01. The number of carbonyl (C=O) groups excluding carboxylic acids is 1. The molecule has 1 aliphatic carbocycles. The van der Waals surface area contributed by atoms with Gasteiger partial charge in [0.05, 0.1) is 13.2 Å². The average molecular weight is 356 g/mol. The Morgan fingerprint density at radius 3 is 2.65 bits per heavy atom. The molecular weight excluding hydrogens is 328 g/mol. The minimum atomic E-state index is -0.302. The fraction of sp³-hybridized carbons (Fsp3) is 0.524. The fourth-order valence-electron chi connectivity index (χ4n) is 3.04. The molecule has 140 valence electrons. The normalized spacial score (nSPS) is 15.2. The summed E-state index contributed by atoms with van der Waals surface area (Å²) in [5, 5.41) is 12.4. The predicted molar refractivity (Wildman–Crippen MR) is 102 cm³/mol. The molecule has 1 aromatic carbocycles. The Labute approximate surface area is 156 Å². The number of hydrogen-bond donors (Lipinski definition) is 1. The standard InChI is InChI=1S/C21H28N2O3/c1-3-12-26-19-11-10-16(14-20(19)25-4-2)13-17(15-22)21(24)23-18-8-6-5-7-9-18/h10-11,13-14,18H,3-9,12H2,1-2H3,(H,23,24)/b17-13+. The van der Waals surface area contributed by atoms with Crippen molar-refractivity contribution in [2.45, 2.75) is 58.4 Å². The molecule has 0 radical (unpaired) electrons. The van der Waals surface area contributed by atoms with Crippen LogP contribution in [0.1, 0.15) is 57.9 Å². The van der Waals surface area contributed by atoms with E-state index in [0.717, 1.165) is 37.7 Å². The van der Waals surface area contributed by atoms with E-state index in [4.69, 9.17) is 9.47 Å². The molecule has 0 aliphatic heterocycles. The molecule has 1 saturated carbocycles. The molecule has 2 rings (SSSR count). The average Bonchev–Trinajstić information content (AvgIpc) is 2.66. The summed E-state index contributed by atoms with van der Waals surface area (Å²) < 4.78 is 11.3. The van der Waals surface area contributed by atoms with E-state index in [1.807, 2.05) is 32.0 Å². The largest absolute Gasteiger partial charge is 0.490 e. The molecule has 1 aromatic rings. The van der Waals surface area contributed by atoms with Crippen molar-refractivity contribution in [3.05, 3.63) is 29.3 Å². The van der Waals surface area contributed by atoms with E-state index in [9.17, 15) is 10.1 Å². The summed E-state index contributed by atoms with van der Waals surface area (Å²) in [4.78, 5) is 12.4. The fourth-order valence-corrected chi connectivity index (χ4v) is 3.04. The predicted octanol–water partition coefficient (Wildman–Crippen LogP) is 4.23. The summed E-state index contributed by atoms with van der Waals surface area (Å²) >= 11 is 0. The third-order valence-electron chi connectivity index (χ3n) is 4.35. The molecule has 0 saturated heterocycles. The summed E-state index contributed by atoms with van der Waals surface area (Å²) in [5.41, 5.74) is 0.855. The van der Waals surface area contributed by atoms with Crippen LogP contribution in [0, 0.1) is 11.3 Å². The molecular formula is C21H28N2O3. The zero-order valence-electron chi connectivity index (χ0n) is 15.7. The van der Waals surface area contributed by atoms with Gasteiger partial charge >= 0.3 is 0 Å². The lowest BCUT2D eigenvalue weighted by Gasteiger charge is -2.22. The number of ether oxygens (including phenoxy) is 2. The van der Waals surface area contributed by atoms with Gasteiger partial charge in [-0.3, -0.25) is 4.79 Å². The third-order valence-corrected chi connectivity index (χ3v) is 4.35. The molecule has 0 spiro atoms.